The van der Waals surface area contributed by atoms with Gasteiger partial charge in [-0.3, -0.25) is 0 Å². The second-order valence-electron chi connectivity index (χ2n) is 8.16. The maximum atomic E-state index is 6.44. The van der Waals surface area contributed by atoms with E-state index in [1.807, 2.05) is 0 Å². The molecule has 0 amide bonds. The van der Waals surface area contributed by atoms with Gasteiger partial charge in [0.15, 0.2) is 0 Å². The standard InChI is InChI=1S/C26H28OSeSi/c1-29(2,23-16-10-5-11-17-23)25-20-27-24(19-18-21-12-6-3-7-13-21)26(25)28-22-14-8-4-9-15-22/h3-19,24-26H,20H2,1-2H3/b19-18+/t24-,25-,26-/m0/s1. The first-order valence-corrected chi connectivity index (χ1v) is 15.2. The summed E-state index contributed by atoms with van der Waals surface area (Å²) in [5.41, 5.74) is 1.86. The van der Waals surface area contributed by atoms with Gasteiger partial charge in [0.25, 0.3) is 0 Å². The van der Waals surface area contributed by atoms with Gasteiger partial charge >= 0.3 is 182 Å². The number of hydrogen-bond acceptors (Lipinski definition) is 1. The molecule has 1 heterocycles. The second-order valence-corrected chi connectivity index (χ2v) is 15.5. The average molecular weight is 464 g/mol. The molecule has 4 rings (SSSR count). The fraction of sp³-hybridized carbons (Fsp3) is 0.231. The molecule has 1 saturated heterocycles. The molecule has 3 atom stereocenters. The normalized spacial score (nSPS) is 22.2. The fourth-order valence-electron chi connectivity index (χ4n) is 4.07. The minimum absolute atomic E-state index is 0.191. The van der Waals surface area contributed by atoms with Crippen molar-refractivity contribution in [1.29, 1.82) is 0 Å². The van der Waals surface area contributed by atoms with Crippen LogP contribution in [0.25, 0.3) is 6.08 Å². The van der Waals surface area contributed by atoms with E-state index in [2.05, 4.69) is 116 Å². The molecule has 0 bridgehead atoms. The summed E-state index contributed by atoms with van der Waals surface area (Å²) in [5.74, 6) is 0. The van der Waals surface area contributed by atoms with Crippen molar-refractivity contribution >= 4 is 38.8 Å². The topological polar surface area (TPSA) is 9.23 Å². The molecule has 3 aromatic rings. The minimum atomic E-state index is -1.66. The Morgan fingerprint density at radius 1 is 0.828 bits per heavy atom. The molecule has 0 aromatic heterocycles. The van der Waals surface area contributed by atoms with E-state index in [9.17, 15) is 0 Å². The first-order chi connectivity index (χ1) is 14.1. The van der Waals surface area contributed by atoms with Gasteiger partial charge in [-0.15, -0.1) is 0 Å². The summed E-state index contributed by atoms with van der Waals surface area (Å²) in [5, 5.41) is 1.54. The third-order valence-electron chi connectivity index (χ3n) is 5.93. The molecule has 0 radical (unpaired) electrons. The number of rotatable bonds is 6. The average Bonchev–Trinajstić information content (AvgIpc) is 3.17. The summed E-state index contributed by atoms with van der Waals surface area (Å²) in [6.07, 6.45) is 4.73. The zero-order valence-electron chi connectivity index (χ0n) is 17.1. The van der Waals surface area contributed by atoms with Crippen LogP contribution in [-0.2, 0) is 4.74 Å². The molecule has 0 saturated carbocycles. The van der Waals surface area contributed by atoms with E-state index in [0.717, 1.165) is 6.61 Å². The number of benzene rings is 3. The summed E-state index contributed by atoms with van der Waals surface area (Å²) in [4.78, 5) is 0.562. The van der Waals surface area contributed by atoms with E-state index in [-0.39, 0.29) is 6.10 Å². The van der Waals surface area contributed by atoms with Gasteiger partial charge < -0.3 is 0 Å². The Kier molecular flexibility index (Phi) is 6.52. The first-order valence-electron chi connectivity index (χ1n) is 10.3. The molecule has 0 unspecified atom stereocenters. The summed E-state index contributed by atoms with van der Waals surface area (Å²) < 4.78 is 7.91. The molecule has 3 aromatic carbocycles. The van der Waals surface area contributed by atoms with Crippen molar-refractivity contribution in [1.82, 2.24) is 0 Å². The van der Waals surface area contributed by atoms with E-state index in [0.29, 0.717) is 25.3 Å². The van der Waals surface area contributed by atoms with Crippen LogP contribution in [0.3, 0.4) is 0 Å². The molecule has 0 N–H and O–H groups in total. The van der Waals surface area contributed by atoms with Gasteiger partial charge in [0.05, 0.1) is 0 Å². The zero-order chi connectivity index (χ0) is 20.1. The molecule has 1 nitrogen and oxygen atoms in total. The molecule has 1 aliphatic rings. The Hall–Kier alpha value is -1.90. The van der Waals surface area contributed by atoms with Gasteiger partial charge in [-0.1, -0.05) is 0 Å². The third-order valence-corrected chi connectivity index (χ3v) is 13.6. The first kappa shape index (κ1) is 20.4. The Balaban J connectivity index is 1.63. The molecule has 0 aliphatic carbocycles. The summed E-state index contributed by atoms with van der Waals surface area (Å²) >= 11 is 0.382. The molecule has 29 heavy (non-hydrogen) atoms. The molecular formula is C26H28OSeSi. The fourth-order valence-corrected chi connectivity index (χ4v) is 12.0. The Bertz CT molecular complexity index is 925. The van der Waals surface area contributed by atoms with Crippen LogP contribution in [0, 0.1) is 0 Å². The van der Waals surface area contributed by atoms with E-state index in [1.54, 1.807) is 0 Å². The Morgan fingerprint density at radius 3 is 2.07 bits per heavy atom. The molecular weight excluding hydrogens is 435 g/mol. The summed E-state index contributed by atoms with van der Waals surface area (Å²) in [7, 11) is -1.66. The summed E-state index contributed by atoms with van der Waals surface area (Å²) in [6.45, 7) is 5.92. The SMILES string of the molecule is C[Si](C)(c1ccccc1)[C@H]1CO[C@@H](/C=C/c2ccccc2)[C@@H]1[Se]c1ccccc1. The van der Waals surface area contributed by atoms with Crippen LogP contribution < -0.4 is 9.65 Å². The van der Waals surface area contributed by atoms with Crippen LogP contribution in [0.5, 0.6) is 0 Å². The van der Waals surface area contributed by atoms with E-state index >= 15 is 0 Å². The van der Waals surface area contributed by atoms with Crippen LogP contribution in [0.15, 0.2) is 97.1 Å². The Labute approximate surface area is 182 Å². The van der Waals surface area contributed by atoms with Crippen molar-refractivity contribution in [3.8, 4) is 0 Å². The van der Waals surface area contributed by atoms with Gasteiger partial charge in [0, 0.05) is 0 Å². The predicted molar refractivity (Wildman–Crippen MR) is 128 cm³/mol. The zero-order valence-corrected chi connectivity index (χ0v) is 19.8. The van der Waals surface area contributed by atoms with Crippen molar-refractivity contribution in [2.45, 2.75) is 29.6 Å². The monoisotopic (exact) mass is 464 g/mol. The molecule has 1 fully saturated rings. The van der Waals surface area contributed by atoms with Crippen molar-refractivity contribution in [3.05, 3.63) is 103 Å². The quantitative estimate of drug-likeness (QED) is 0.473. The van der Waals surface area contributed by atoms with Crippen molar-refractivity contribution in [2.75, 3.05) is 6.61 Å². The van der Waals surface area contributed by atoms with Crippen LogP contribution in [0.2, 0.25) is 23.5 Å². The number of hydrogen-bond donors (Lipinski definition) is 0. The van der Waals surface area contributed by atoms with Crippen LogP contribution >= 0.6 is 0 Å². The van der Waals surface area contributed by atoms with Crippen LogP contribution in [0.1, 0.15) is 5.56 Å². The molecule has 148 valence electrons. The summed E-state index contributed by atoms with van der Waals surface area (Å²) in [6, 6.07) is 32.7. The predicted octanol–water partition coefficient (Wildman–Crippen LogP) is 4.90. The maximum absolute atomic E-state index is 6.44. The van der Waals surface area contributed by atoms with E-state index in [1.165, 1.54) is 15.2 Å². The molecule has 0 spiro atoms. The van der Waals surface area contributed by atoms with Gasteiger partial charge in [0.1, 0.15) is 0 Å². The van der Waals surface area contributed by atoms with Crippen LogP contribution in [0.4, 0.5) is 0 Å². The molecule has 3 heteroatoms. The van der Waals surface area contributed by atoms with Crippen LogP contribution in [-0.4, -0.2) is 35.7 Å². The third kappa shape index (κ3) is 4.82. The van der Waals surface area contributed by atoms with Crippen molar-refractivity contribution in [2.24, 2.45) is 0 Å². The van der Waals surface area contributed by atoms with Gasteiger partial charge in [-0.25, -0.2) is 0 Å². The number of ether oxygens (including phenoxy) is 1. The van der Waals surface area contributed by atoms with Gasteiger partial charge in [-0.2, -0.15) is 0 Å². The van der Waals surface area contributed by atoms with Crippen molar-refractivity contribution < 1.29 is 4.74 Å². The van der Waals surface area contributed by atoms with Crippen molar-refractivity contribution in [3.63, 3.8) is 0 Å². The van der Waals surface area contributed by atoms with Gasteiger partial charge in [-0.05, 0) is 0 Å². The van der Waals surface area contributed by atoms with E-state index in [4.69, 9.17) is 4.74 Å². The molecule has 1 aliphatic heterocycles. The van der Waals surface area contributed by atoms with Gasteiger partial charge in [0.2, 0.25) is 0 Å². The van der Waals surface area contributed by atoms with E-state index < -0.39 is 8.07 Å². The second kappa shape index (κ2) is 9.27. The Morgan fingerprint density at radius 2 is 1.41 bits per heavy atom.